The van der Waals surface area contributed by atoms with Crippen LogP contribution in [0.15, 0.2) is 0 Å². The van der Waals surface area contributed by atoms with E-state index < -0.39 is 6.10 Å². The zero-order chi connectivity index (χ0) is 9.94. The first kappa shape index (κ1) is 12.8. The molecule has 0 aromatic heterocycles. The maximum Gasteiger partial charge on any atom is 0.0895 e. The fourth-order valence-electron chi connectivity index (χ4n) is 0.754. The first-order chi connectivity index (χ1) is 6.31. The molecule has 0 aliphatic rings. The van der Waals surface area contributed by atoms with Gasteiger partial charge in [0.25, 0.3) is 0 Å². The highest BCUT2D eigenvalue weighted by atomic mass is 16.5. The third kappa shape index (κ3) is 9.76. The molecule has 0 aromatic carbocycles. The summed E-state index contributed by atoms with van der Waals surface area (Å²) in [5.74, 6) is 0. The number of aliphatic hydroxyl groups excluding tert-OH is 1. The summed E-state index contributed by atoms with van der Waals surface area (Å²) in [5.41, 5.74) is 5.19. The zero-order valence-electron chi connectivity index (χ0n) is 8.37. The summed E-state index contributed by atoms with van der Waals surface area (Å²) in [6, 6.07) is 0. The lowest BCUT2D eigenvalue weighted by molar-refractivity contribution is 0.00633. The van der Waals surface area contributed by atoms with E-state index in [0.29, 0.717) is 19.8 Å². The number of hydrogen-bond acceptors (Lipinski definition) is 4. The summed E-state index contributed by atoms with van der Waals surface area (Å²) in [4.78, 5) is 0. The van der Waals surface area contributed by atoms with Gasteiger partial charge in [-0.25, -0.2) is 0 Å². The maximum atomic E-state index is 9.01. The SMILES string of the molecule is CCCCOCCOCC(O)CN. The highest BCUT2D eigenvalue weighted by molar-refractivity contribution is 4.51. The Morgan fingerprint density at radius 2 is 1.92 bits per heavy atom. The van der Waals surface area contributed by atoms with Crippen molar-refractivity contribution in [1.29, 1.82) is 0 Å². The highest BCUT2D eigenvalue weighted by Crippen LogP contribution is 1.88. The van der Waals surface area contributed by atoms with Gasteiger partial charge in [-0.15, -0.1) is 0 Å². The van der Waals surface area contributed by atoms with Gasteiger partial charge in [0.15, 0.2) is 0 Å². The molecule has 0 amide bonds. The van der Waals surface area contributed by atoms with E-state index in [1.165, 1.54) is 0 Å². The van der Waals surface area contributed by atoms with Crippen molar-refractivity contribution in [3.63, 3.8) is 0 Å². The lowest BCUT2D eigenvalue weighted by Crippen LogP contribution is -2.25. The molecule has 0 rings (SSSR count). The van der Waals surface area contributed by atoms with E-state index in [4.69, 9.17) is 20.3 Å². The van der Waals surface area contributed by atoms with Gasteiger partial charge in [-0.1, -0.05) is 13.3 Å². The molecule has 3 N–H and O–H groups in total. The predicted molar refractivity (Wildman–Crippen MR) is 51.6 cm³/mol. The Bertz CT molecular complexity index is 101. The van der Waals surface area contributed by atoms with Crippen LogP contribution in [-0.2, 0) is 9.47 Å². The van der Waals surface area contributed by atoms with Crippen LogP contribution in [0.3, 0.4) is 0 Å². The Balaban J connectivity index is 2.91. The van der Waals surface area contributed by atoms with Gasteiger partial charge in [0.2, 0.25) is 0 Å². The van der Waals surface area contributed by atoms with Gasteiger partial charge in [0.1, 0.15) is 0 Å². The number of ether oxygens (including phenoxy) is 2. The van der Waals surface area contributed by atoms with Gasteiger partial charge < -0.3 is 20.3 Å². The summed E-state index contributed by atoms with van der Waals surface area (Å²) in [5, 5.41) is 9.01. The lowest BCUT2D eigenvalue weighted by Gasteiger charge is -2.08. The van der Waals surface area contributed by atoms with E-state index in [2.05, 4.69) is 6.92 Å². The van der Waals surface area contributed by atoms with Crippen molar-refractivity contribution in [3.05, 3.63) is 0 Å². The fraction of sp³-hybridized carbons (Fsp3) is 1.00. The number of unbranched alkanes of at least 4 members (excludes halogenated alkanes) is 1. The molecule has 0 aromatic rings. The van der Waals surface area contributed by atoms with E-state index in [1.807, 2.05) is 0 Å². The number of rotatable bonds is 9. The van der Waals surface area contributed by atoms with E-state index in [1.54, 1.807) is 0 Å². The molecule has 13 heavy (non-hydrogen) atoms. The monoisotopic (exact) mass is 191 g/mol. The van der Waals surface area contributed by atoms with E-state index >= 15 is 0 Å². The van der Waals surface area contributed by atoms with Crippen molar-refractivity contribution in [2.75, 3.05) is 33.0 Å². The molecule has 0 aliphatic heterocycles. The van der Waals surface area contributed by atoms with Crippen molar-refractivity contribution < 1.29 is 14.6 Å². The molecule has 0 aliphatic carbocycles. The minimum absolute atomic E-state index is 0.247. The molecule has 0 bridgehead atoms. The largest absolute Gasteiger partial charge is 0.389 e. The van der Waals surface area contributed by atoms with Gasteiger partial charge in [-0.05, 0) is 6.42 Å². The van der Waals surface area contributed by atoms with E-state index in [9.17, 15) is 0 Å². The first-order valence-electron chi connectivity index (χ1n) is 4.84. The Hall–Kier alpha value is -0.160. The van der Waals surface area contributed by atoms with Crippen molar-refractivity contribution in [2.24, 2.45) is 5.73 Å². The first-order valence-corrected chi connectivity index (χ1v) is 4.84. The summed E-state index contributed by atoms with van der Waals surface area (Å²) in [6.07, 6.45) is 1.69. The quantitative estimate of drug-likeness (QED) is 0.509. The zero-order valence-corrected chi connectivity index (χ0v) is 8.37. The maximum absolute atomic E-state index is 9.01. The van der Waals surface area contributed by atoms with E-state index in [-0.39, 0.29) is 6.54 Å². The van der Waals surface area contributed by atoms with Crippen molar-refractivity contribution >= 4 is 0 Å². The number of hydrogen-bond donors (Lipinski definition) is 2. The van der Waals surface area contributed by atoms with Gasteiger partial charge in [0.05, 0.1) is 25.9 Å². The van der Waals surface area contributed by atoms with E-state index in [0.717, 1.165) is 19.4 Å². The predicted octanol–water partition coefficient (Wildman–Crippen LogP) is 0.139. The minimum atomic E-state index is -0.546. The molecule has 0 radical (unpaired) electrons. The second-order valence-electron chi connectivity index (χ2n) is 2.93. The molecule has 1 atom stereocenters. The molecular formula is C9H21NO3. The van der Waals surface area contributed by atoms with Crippen LogP contribution in [-0.4, -0.2) is 44.2 Å². The van der Waals surface area contributed by atoms with Gasteiger partial charge in [-0.3, -0.25) is 0 Å². The van der Waals surface area contributed by atoms with Crippen LogP contribution in [0.5, 0.6) is 0 Å². The highest BCUT2D eigenvalue weighted by Gasteiger charge is 1.99. The van der Waals surface area contributed by atoms with Crippen LogP contribution in [0.1, 0.15) is 19.8 Å². The normalized spacial score (nSPS) is 13.2. The summed E-state index contributed by atoms with van der Waals surface area (Å²) >= 11 is 0. The summed E-state index contributed by atoms with van der Waals surface area (Å²) < 4.78 is 10.4. The Morgan fingerprint density at radius 3 is 2.54 bits per heavy atom. The fourth-order valence-corrected chi connectivity index (χ4v) is 0.754. The third-order valence-electron chi connectivity index (χ3n) is 1.60. The van der Waals surface area contributed by atoms with Gasteiger partial charge >= 0.3 is 0 Å². The van der Waals surface area contributed by atoms with Crippen molar-refractivity contribution in [3.8, 4) is 0 Å². The van der Waals surface area contributed by atoms with Crippen molar-refractivity contribution in [2.45, 2.75) is 25.9 Å². The summed E-state index contributed by atoms with van der Waals surface area (Å²) in [7, 11) is 0. The number of aliphatic hydroxyl groups is 1. The minimum Gasteiger partial charge on any atom is -0.389 e. The van der Waals surface area contributed by atoms with Crippen LogP contribution in [0.2, 0.25) is 0 Å². The molecule has 0 saturated carbocycles. The molecule has 4 heteroatoms. The van der Waals surface area contributed by atoms with Gasteiger partial charge in [0, 0.05) is 13.2 Å². The number of nitrogens with two attached hydrogens (primary N) is 1. The Kier molecular flexibility index (Phi) is 9.80. The van der Waals surface area contributed by atoms with Crippen LogP contribution in [0.25, 0.3) is 0 Å². The second kappa shape index (κ2) is 9.92. The van der Waals surface area contributed by atoms with Crippen LogP contribution >= 0.6 is 0 Å². The average molecular weight is 191 g/mol. The Labute approximate surface area is 80.0 Å². The van der Waals surface area contributed by atoms with Crippen molar-refractivity contribution in [1.82, 2.24) is 0 Å². The molecule has 80 valence electrons. The molecular weight excluding hydrogens is 170 g/mol. The molecule has 4 nitrogen and oxygen atoms in total. The molecule has 0 fully saturated rings. The van der Waals surface area contributed by atoms with Crippen LogP contribution in [0, 0.1) is 0 Å². The topological polar surface area (TPSA) is 64.7 Å². The molecule has 1 unspecified atom stereocenters. The van der Waals surface area contributed by atoms with Crippen LogP contribution in [0.4, 0.5) is 0 Å². The standard InChI is InChI=1S/C9H21NO3/c1-2-3-4-12-5-6-13-8-9(11)7-10/h9,11H,2-8,10H2,1H3. The molecule has 0 saturated heterocycles. The molecule has 0 spiro atoms. The Morgan fingerprint density at radius 1 is 1.23 bits per heavy atom. The average Bonchev–Trinajstić information content (AvgIpc) is 2.16. The van der Waals surface area contributed by atoms with Crippen LogP contribution < -0.4 is 5.73 Å². The summed E-state index contributed by atoms with van der Waals surface area (Å²) in [6.45, 7) is 4.58. The lowest BCUT2D eigenvalue weighted by atomic mass is 10.4. The molecule has 0 heterocycles. The third-order valence-corrected chi connectivity index (χ3v) is 1.60. The van der Waals surface area contributed by atoms with Gasteiger partial charge in [-0.2, -0.15) is 0 Å². The second-order valence-corrected chi connectivity index (χ2v) is 2.93. The smallest absolute Gasteiger partial charge is 0.0895 e.